The molecule has 0 bridgehead atoms. The molecule has 27 heavy (non-hydrogen) atoms. The van der Waals surface area contributed by atoms with Crippen LogP contribution < -0.4 is 9.19 Å². The molecule has 5 rings (SSSR count). The van der Waals surface area contributed by atoms with Crippen LogP contribution in [0.3, 0.4) is 0 Å². The van der Waals surface area contributed by atoms with Gasteiger partial charge in [0.15, 0.2) is 5.75 Å². The van der Waals surface area contributed by atoms with Gasteiger partial charge in [0.1, 0.15) is 17.3 Å². The molecule has 2 aliphatic rings. The Bertz CT molecular complexity index is 1020. The van der Waals surface area contributed by atoms with Gasteiger partial charge >= 0.3 is 0 Å². The Balaban J connectivity index is 1.54. The number of nitriles is 1. The molecule has 0 radical (unpaired) electrons. The van der Waals surface area contributed by atoms with E-state index in [2.05, 4.69) is 44.7 Å². The number of hydrogen-bond donors (Lipinski definition) is 0. The molecule has 2 atom stereocenters. The van der Waals surface area contributed by atoms with E-state index in [1.54, 1.807) is 6.07 Å². The lowest BCUT2D eigenvalue weighted by Gasteiger charge is -2.29. The maximum Gasteiger partial charge on any atom is 0.279 e. The van der Waals surface area contributed by atoms with Gasteiger partial charge in [-0.1, -0.05) is 30.3 Å². The minimum Gasteiger partial charge on any atom is -0.438 e. The molecule has 2 saturated heterocycles. The monoisotopic (exact) mass is 374 g/mol. The third kappa shape index (κ3) is 2.92. The highest BCUT2D eigenvalue weighted by Crippen LogP contribution is 2.57. The summed E-state index contributed by atoms with van der Waals surface area (Å²) in [5.74, 6) is 0.754. The Labute approximate surface area is 159 Å². The highest BCUT2D eigenvalue weighted by Gasteiger charge is 2.45. The summed E-state index contributed by atoms with van der Waals surface area (Å²) in [7, 11) is -0.945. The Kier molecular flexibility index (Phi) is 4.16. The van der Waals surface area contributed by atoms with Crippen molar-refractivity contribution in [3.8, 4) is 11.8 Å². The largest absolute Gasteiger partial charge is 0.438 e. The van der Waals surface area contributed by atoms with Crippen LogP contribution in [0.15, 0.2) is 60.7 Å². The first-order chi connectivity index (χ1) is 13.3. The number of pyridine rings is 1. The lowest BCUT2D eigenvalue weighted by atomic mass is 10.2. The molecule has 0 amide bonds. The molecule has 2 fully saturated rings. The van der Waals surface area contributed by atoms with Gasteiger partial charge in [-0.05, 0) is 43.2 Å². The molecule has 0 spiro atoms. The summed E-state index contributed by atoms with van der Waals surface area (Å²) >= 11 is 0. The van der Waals surface area contributed by atoms with Gasteiger partial charge in [-0.3, -0.25) is 0 Å². The van der Waals surface area contributed by atoms with Crippen LogP contribution in [0.25, 0.3) is 10.9 Å². The topological polar surface area (TPSA) is 52.4 Å². The Hall–Kier alpha value is -2.67. The molecule has 1 unspecified atom stereocenters. The van der Waals surface area contributed by atoms with E-state index in [4.69, 9.17) is 4.52 Å². The first-order valence-corrected chi connectivity index (χ1v) is 10.4. The van der Waals surface area contributed by atoms with Crippen molar-refractivity contribution in [3.63, 3.8) is 0 Å². The van der Waals surface area contributed by atoms with Gasteiger partial charge in [-0.25, -0.2) is 9.65 Å². The van der Waals surface area contributed by atoms with E-state index >= 15 is 0 Å². The van der Waals surface area contributed by atoms with Crippen molar-refractivity contribution in [1.29, 1.82) is 5.26 Å². The fourth-order valence-electron chi connectivity index (χ4n) is 3.89. The number of nitrogens with zero attached hydrogens (tertiary/aromatic N) is 4. The van der Waals surface area contributed by atoms with Crippen LogP contribution in [-0.4, -0.2) is 28.8 Å². The van der Waals surface area contributed by atoms with Crippen LogP contribution in [0.2, 0.25) is 0 Å². The third-order valence-electron chi connectivity index (χ3n) is 5.19. The summed E-state index contributed by atoms with van der Waals surface area (Å²) in [6.07, 6.45) is 2.44. The van der Waals surface area contributed by atoms with Crippen LogP contribution in [0, 0.1) is 11.3 Å². The number of benzene rings is 2. The van der Waals surface area contributed by atoms with Gasteiger partial charge in [-0.15, -0.1) is 0 Å². The minimum atomic E-state index is -0.945. The number of hydrogen-bond acceptors (Lipinski definition) is 5. The average Bonchev–Trinajstić information content (AvgIpc) is 3.31. The molecule has 1 aromatic heterocycles. The van der Waals surface area contributed by atoms with E-state index in [-0.39, 0.29) is 0 Å². The molecular weight excluding hydrogens is 355 g/mol. The molecule has 0 saturated carbocycles. The van der Waals surface area contributed by atoms with Crippen molar-refractivity contribution in [3.05, 3.63) is 66.4 Å². The second kappa shape index (κ2) is 6.81. The fourth-order valence-corrected chi connectivity index (χ4v) is 6.13. The zero-order valence-corrected chi connectivity index (χ0v) is 15.7. The van der Waals surface area contributed by atoms with Gasteiger partial charge in [0, 0.05) is 30.2 Å². The van der Waals surface area contributed by atoms with E-state index in [0.717, 1.165) is 29.7 Å². The fraction of sp³-hybridized carbons (Fsp3) is 0.238. The number of para-hydroxylation sites is 2. The van der Waals surface area contributed by atoms with Crippen molar-refractivity contribution in [1.82, 2.24) is 9.65 Å². The molecule has 3 heterocycles. The maximum absolute atomic E-state index is 9.22. The predicted molar refractivity (Wildman–Crippen MR) is 108 cm³/mol. The average molecular weight is 374 g/mol. The molecule has 6 heteroatoms. The quantitative estimate of drug-likeness (QED) is 0.622. The van der Waals surface area contributed by atoms with E-state index < -0.39 is 8.45 Å². The molecule has 0 N–H and O–H groups in total. The SMILES string of the molecule is N#Cc1ccc2cccc(OP3N(c4ccccc4)C[C@@H]4CCCN43)c2n1. The van der Waals surface area contributed by atoms with Crippen molar-refractivity contribution < 1.29 is 4.52 Å². The van der Waals surface area contributed by atoms with E-state index in [0.29, 0.717) is 11.7 Å². The first kappa shape index (κ1) is 16.5. The molecule has 5 nitrogen and oxygen atoms in total. The van der Waals surface area contributed by atoms with Crippen molar-refractivity contribution in [2.75, 3.05) is 17.8 Å². The third-order valence-corrected chi connectivity index (χ3v) is 7.32. The Morgan fingerprint density at radius 3 is 2.81 bits per heavy atom. The molecule has 134 valence electrons. The number of aromatic nitrogens is 1. The number of anilines is 1. The minimum absolute atomic E-state index is 0.414. The van der Waals surface area contributed by atoms with Crippen LogP contribution in [-0.2, 0) is 0 Å². The molecule has 2 aliphatic heterocycles. The zero-order valence-electron chi connectivity index (χ0n) is 14.8. The van der Waals surface area contributed by atoms with Crippen molar-refractivity contribution >= 4 is 25.0 Å². The normalized spacial score (nSPS) is 22.0. The zero-order chi connectivity index (χ0) is 18.2. The number of rotatable bonds is 3. The summed E-state index contributed by atoms with van der Waals surface area (Å²) in [5.41, 5.74) is 2.37. The molecule has 3 aromatic rings. The van der Waals surface area contributed by atoms with Crippen molar-refractivity contribution in [2.45, 2.75) is 18.9 Å². The Morgan fingerprint density at radius 1 is 1.07 bits per heavy atom. The number of fused-ring (bicyclic) bond motifs is 2. The van der Waals surface area contributed by atoms with E-state index in [1.165, 1.54) is 18.5 Å². The summed E-state index contributed by atoms with van der Waals surface area (Å²) in [5, 5.41) is 10.2. The highest BCUT2D eigenvalue weighted by molar-refractivity contribution is 7.52. The maximum atomic E-state index is 9.22. The smallest absolute Gasteiger partial charge is 0.279 e. The molecular formula is C21H19N4OP. The molecule has 2 aromatic carbocycles. The van der Waals surface area contributed by atoms with Gasteiger partial charge in [0.25, 0.3) is 8.45 Å². The van der Waals surface area contributed by atoms with Gasteiger partial charge in [-0.2, -0.15) is 5.26 Å². The van der Waals surface area contributed by atoms with Crippen LogP contribution in [0.5, 0.6) is 5.75 Å². The van der Waals surface area contributed by atoms with Crippen LogP contribution >= 0.6 is 8.45 Å². The van der Waals surface area contributed by atoms with E-state index in [9.17, 15) is 5.26 Å². The lowest BCUT2D eigenvalue weighted by molar-refractivity contribution is 0.433. The lowest BCUT2D eigenvalue weighted by Crippen LogP contribution is -2.20. The molecule has 0 aliphatic carbocycles. The van der Waals surface area contributed by atoms with Gasteiger partial charge in [0.05, 0.1) is 0 Å². The van der Waals surface area contributed by atoms with Crippen molar-refractivity contribution in [2.24, 2.45) is 0 Å². The second-order valence-corrected chi connectivity index (χ2v) is 8.54. The van der Waals surface area contributed by atoms with Crippen LogP contribution in [0.4, 0.5) is 5.69 Å². The van der Waals surface area contributed by atoms with Crippen LogP contribution in [0.1, 0.15) is 18.5 Å². The summed E-state index contributed by atoms with van der Waals surface area (Å²) < 4.78 is 11.5. The van der Waals surface area contributed by atoms with Gasteiger partial charge in [0.2, 0.25) is 0 Å². The predicted octanol–water partition coefficient (Wildman–Crippen LogP) is 4.70. The Morgan fingerprint density at radius 2 is 1.96 bits per heavy atom. The first-order valence-electron chi connectivity index (χ1n) is 9.20. The van der Waals surface area contributed by atoms with E-state index in [1.807, 2.05) is 30.3 Å². The van der Waals surface area contributed by atoms with Gasteiger partial charge < -0.3 is 9.19 Å². The highest BCUT2D eigenvalue weighted by atomic mass is 31.2. The summed E-state index contributed by atoms with van der Waals surface area (Å²) in [4.78, 5) is 4.51. The standard InChI is InChI=1S/C21H19N4OP/c22-14-17-12-11-16-6-4-10-20(21(16)23-17)26-27-24-13-5-9-19(24)15-25(27)18-7-2-1-3-8-18/h1-4,6-8,10-12,19H,5,9,13,15H2/t19-,27?/m0/s1. The summed E-state index contributed by atoms with van der Waals surface area (Å²) in [6.45, 7) is 2.07. The summed E-state index contributed by atoms with van der Waals surface area (Å²) in [6, 6.07) is 22.8. The second-order valence-electron chi connectivity index (χ2n) is 6.86.